The van der Waals surface area contributed by atoms with E-state index in [0.717, 1.165) is 16.7 Å². The van der Waals surface area contributed by atoms with Gasteiger partial charge in [-0.05, 0) is 12.1 Å². The zero-order chi connectivity index (χ0) is 13.9. The SMILES string of the molecule is CNc1cc(Sc2ccncc2)nc(C(F)(F)F)n1. The van der Waals surface area contributed by atoms with Gasteiger partial charge in [0, 0.05) is 30.4 Å². The van der Waals surface area contributed by atoms with Crippen LogP contribution in [-0.2, 0) is 6.18 Å². The van der Waals surface area contributed by atoms with E-state index in [0.29, 0.717) is 0 Å². The van der Waals surface area contributed by atoms with Crippen molar-refractivity contribution >= 4 is 17.6 Å². The number of aromatic nitrogens is 3. The van der Waals surface area contributed by atoms with Crippen molar-refractivity contribution in [3.63, 3.8) is 0 Å². The van der Waals surface area contributed by atoms with E-state index < -0.39 is 12.0 Å². The summed E-state index contributed by atoms with van der Waals surface area (Å²) in [4.78, 5) is 11.5. The molecule has 0 spiro atoms. The Morgan fingerprint density at radius 3 is 2.42 bits per heavy atom. The summed E-state index contributed by atoms with van der Waals surface area (Å²) in [5.74, 6) is -1.03. The average Bonchev–Trinajstić information content (AvgIpc) is 2.38. The first-order chi connectivity index (χ1) is 8.99. The topological polar surface area (TPSA) is 50.7 Å². The number of hydrogen-bond donors (Lipinski definition) is 1. The minimum absolute atomic E-state index is 0.124. The summed E-state index contributed by atoms with van der Waals surface area (Å²) in [6, 6.07) is 4.85. The summed E-state index contributed by atoms with van der Waals surface area (Å²) in [6.07, 6.45) is -1.44. The number of alkyl halides is 3. The number of anilines is 1. The first-order valence-electron chi connectivity index (χ1n) is 5.21. The molecule has 0 aliphatic heterocycles. The molecule has 4 nitrogen and oxygen atoms in total. The Hall–Kier alpha value is -1.83. The maximum Gasteiger partial charge on any atom is 0.451 e. The second kappa shape index (κ2) is 5.43. The van der Waals surface area contributed by atoms with Gasteiger partial charge in [0.1, 0.15) is 10.8 Å². The Morgan fingerprint density at radius 2 is 1.84 bits per heavy atom. The highest BCUT2D eigenvalue weighted by molar-refractivity contribution is 7.99. The Balaban J connectivity index is 2.35. The average molecular weight is 286 g/mol. The first-order valence-corrected chi connectivity index (χ1v) is 6.02. The smallest absolute Gasteiger partial charge is 0.373 e. The molecule has 0 unspecified atom stereocenters. The molecule has 0 aromatic carbocycles. The molecule has 19 heavy (non-hydrogen) atoms. The third kappa shape index (κ3) is 3.57. The third-order valence-electron chi connectivity index (χ3n) is 2.08. The molecular formula is C11H9F3N4S. The van der Waals surface area contributed by atoms with Crippen molar-refractivity contribution in [1.82, 2.24) is 15.0 Å². The van der Waals surface area contributed by atoms with Gasteiger partial charge in [-0.3, -0.25) is 4.98 Å². The molecule has 2 rings (SSSR count). The van der Waals surface area contributed by atoms with E-state index >= 15 is 0 Å². The number of hydrogen-bond acceptors (Lipinski definition) is 5. The van der Waals surface area contributed by atoms with Gasteiger partial charge in [-0.15, -0.1) is 0 Å². The molecule has 8 heteroatoms. The molecule has 0 aliphatic rings. The first kappa shape index (κ1) is 13.6. The number of halogens is 3. The highest BCUT2D eigenvalue weighted by atomic mass is 32.2. The number of nitrogens with zero attached hydrogens (tertiary/aromatic N) is 3. The van der Waals surface area contributed by atoms with Crippen LogP contribution in [0.3, 0.4) is 0 Å². The highest BCUT2D eigenvalue weighted by Gasteiger charge is 2.35. The predicted octanol–water partition coefficient (Wildman–Crippen LogP) is 3.08. The van der Waals surface area contributed by atoms with Crippen LogP contribution >= 0.6 is 11.8 Å². The zero-order valence-electron chi connectivity index (χ0n) is 9.77. The van der Waals surface area contributed by atoms with Crippen molar-refractivity contribution in [3.05, 3.63) is 36.4 Å². The van der Waals surface area contributed by atoms with Gasteiger partial charge in [0.25, 0.3) is 0 Å². The van der Waals surface area contributed by atoms with Crippen molar-refractivity contribution in [3.8, 4) is 0 Å². The molecule has 0 bridgehead atoms. The Morgan fingerprint density at radius 1 is 1.16 bits per heavy atom. The molecule has 0 radical (unpaired) electrons. The molecule has 1 N–H and O–H groups in total. The van der Waals surface area contributed by atoms with E-state index in [1.807, 2.05) is 0 Å². The van der Waals surface area contributed by atoms with Crippen LogP contribution in [0.4, 0.5) is 19.0 Å². The van der Waals surface area contributed by atoms with Crippen LogP contribution in [0.15, 0.2) is 40.5 Å². The van der Waals surface area contributed by atoms with Crippen LogP contribution in [0.5, 0.6) is 0 Å². The van der Waals surface area contributed by atoms with Gasteiger partial charge in [-0.1, -0.05) is 11.8 Å². The fraction of sp³-hybridized carbons (Fsp3) is 0.182. The van der Waals surface area contributed by atoms with Crippen molar-refractivity contribution in [2.45, 2.75) is 16.1 Å². The second-order valence-corrected chi connectivity index (χ2v) is 4.54. The van der Waals surface area contributed by atoms with Gasteiger partial charge < -0.3 is 5.32 Å². The van der Waals surface area contributed by atoms with Crippen molar-refractivity contribution in [2.24, 2.45) is 0 Å². The standard InChI is InChI=1S/C11H9F3N4S/c1-15-8-6-9(18-10(17-8)11(12,13)14)19-7-2-4-16-5-3-7/h2-6H,1H3,(H,15,17,18). The zero-order valence-corrected chi connectivity index (χ0v) is 10.6. The molecule has 0 atom stereocenters. The van der Waals surface area contributed by atoms with Crippen molar-refractivity contribution in [1.29, 1.82) is 0 Å². The molecule has 0 amide bonds. The number of nitrogens with one attached hydrogen (secondary N) is 1. The van der Waals surface area contributed by atoms with Crippen molar-refractivity contribution < 1.29 is 13.2 Å². The van der Waals surface area contributed by atoms with Gasteiger partial charge in [0.15, 0.2) is 0 Å². The second-order valence-electron chi connectivity index (χ2n) is 3.45. The fourth-order valence-electron chi connectivity index (χ4n) is 1.26. The lowest BCUT2D eigenvalue weighted by atomic mass is 10.5. The van der Waals surface area contributed by atoms with Gasteiger partial charge in [-0.25, -0.2) is 9.97 Å². The maximum atomic E-state index is 12.7. The molecule has 0 fully saturated rings. The lowest BCUT2D eigenvalue weighted by molar-refractivity contribution is -0.145. The monoisotopic (exact) mass is 286 g/mol. The minimum Gasteiger partial charge on any atom is -0.373 e. The predicted molar refractivity (Wildman–Crippen MR) is 64.9 cm³/mol. The van der Waals surface area contributed by atoms with Crippen LogP contribution in [0, 0.1) is 0 Å². The molecule has 2 aromatic rings. The summed E-state index contributed by atoms with van der Waals surface area (Å²) in [5, 5.41) is 2.81. The van der Waals surface area contributed by atoms with E-state index in [1.54, 1.807) is 24.5 Å². The summed E-state index contributed by atoms with van der Waals surface area (Å²) in [7, 11) is 1.50. The van der Waals surface area contributed by atoms with Crippen LogP contribution < -0.4 is 5.32 Å². The Bertz CT molecular complexity index is 560. The molecular weight excluding hydrogens is 277 g/mol. The van der Waals surface area contributed by atoms with Gasteiger partial charge in [0.05, 0.1) is 0 Å². The third-order valence-corrected chi connectivity index (χ3v) is 3.01. The lowest BCUT2D eigenvalue weighted by Gasteiger charge is -2.09. The fourth-order valence-corrected chi connectivity index (χ4v) is 2.06. The van der Waals surface area contributed by atoms with Crippen LogP contribution in [0.1, 0.15) is 5.82 Å². The van der Waals surface area contributed by atoms with Crippen molar-refractivity contribution in [2.75, 3.05) is 12.4 Å². The molecule has 100 valence electrons. The van der Waals surface area contributed by atoms with E-state index in [-0.39, 0.29) is 10.8 Å². The number of pyridine rings is 1. The molecule has 2 aromatic heterocycles. The van der Waals surface area contributed by atoms with E-state index in [2.05, 4.69) is 20.3 Å². The quantitative estimate of drug-likeness (QED) is 0.879. The van der Waals surface area contributed by atoms with Crippen LogP contribution in [0.25, 0.3) is 0 Å². The summed E-state index contributed by atoms with van der Waals surface area (Å²) in [5.41, 5.74) is 0. The van der Waals surface area contributed by atoms with Gasteiger partial charge >= 0.3 is 6.18 Å². The van der Waals surface area contributed by atoms with E-state index in [9.17, 15) is 13.2 Å². The summed E-state index contributed by atoms with van der Waals surface area (Å²) in [6.45, 7) is 0. The lowest BCUT2D eigenvalue weighted by Crippen LogP contribution is -2.12. The molecule has 0 aliphatic carbocycles. The largest absolute Gasteiger partial charge is 0.451 e. The minimum atomic E-state index is -4.57. The van der Waals surface area contributed by atoms with Crippen LogP contribution in [0.2, 0.25) is 0 Å². The molecule has 0 saturated carbocycles. The van der Waals surface area contributed by atoms with Gasteiger partial charge in [-0.2, -0.15) is 13.2 Å². The van der Waals surface area contributed by atoms with E-state index in [1.165, 1.54) is 13.1 Å². The Labute approximate surface area is 111 Å². The van der Waals surface area contributed by atoms with Gasteiger partial charge in [0.2, 0.25) is 5.82 Å². The normalized spacial score (nSPS) is 11.4. The summed E-state index contributed by atoms with van der Waals surface area (Å²) >= 11 is 1.12. The summed E-state index contributed by atoms with van der Waals surface area (Å²) < 4.78 is 38.0. The Kier molecular flexibility index (Phi) is 3.89. The molecule has 0 saturated heterocycles. The number of rotatable bonds is 3. The maximum absolute atomic E-state index is 12.7. The van der Waals surface area contributed by atoms with E-state index in [4.69, 9.17) is 0 Å². The molecule has 2 heterocycles. The van der Waals surface area contributed by atoms with Crippen LogP contribution in [-0.4, -0.2) is 22.0 Å². The highest BCUT2D eigenvalue weighted by Crippen LogP contribution is 2.31.